The normalized spacial score (nSPS) is 11.5. The predicted octanol–water partition coefficient (Wildman–Crippen LogP) is 4.31. The van der Waals surface area contributed by atoms with Crippen molar-refractivity contribution in [2.24, 2.45) is 0 Å². The van der Waals surface area contributed by atoms with Crippen LogP contribution in [0.1, 0.15) is 5.56 Å². The molecule has 3 aromatic rings. The van der Waals surface area contributed by atoms with Crippen molar-refractivity contribution in [1.82, 2.24) is 0 Å². The number of hydrogen-bond acceptors (Lipinski definition) is 1. The summed E-state index contributed by atoms with van der Waals surface area (Å²) < 4.78 is 45.4. The fraction of sp³-hybridized carbons (Fsp3) is 0.0769. The van der Waals surface area contributed by atoms with Crippen molar-refractivity contribution >= 4 is 21.9 Å². The minimum Gasteiger partial charge on any atom is -0.450 e. The molecule has 4 heteroatoms. The largest absolute Gasteiger partial charge is 0.450 e. The Morgan fingerprint density at radius 1 is 0.824 bits per heavy atom. The average Bonchev–Trinajstić information content (AvgIpc) is 2.69. The van der Waals surface area contributed by atoms with Crippen molar-refractivity contribution in [2.45, 2.75) is 6.92 Å². The molecule has 86 valence electrons. The van der Waals surface area contributed by atoms with Gasteiger partial charge in [-0.15, -0.1) is 0 Å². The highest BCUT2D eigenvalue weighted by molar-refractivity contribution is 6.05. The summed E-state index contributed by atoms with van der Waals surface area (Å²) in [6.07, 6.45) is 0. The first-order valence-corrected chi connectivity index (χ1v) is 5.05. The van der Waals surface area contributed by atoms with E-state index in [0.29, 0.717) is 16.3 Å². The van der Waals surface area contributed by atoms with Crippen LogP contribution >= 0.6 is 0 Å². The van der Waals surface area contributed by atoms with Crippen LogP contribution in [0, 0.1) is 24.4 Å². The van der Waals surface area contributed by atoms with E-state index in [1.54, 1.807) is 19.1 Å². The molecule has 0 radical (unpaired) electrons. The zero-order valence-corrected chi connectivity index (χ0v) is 8.85. The minimum atomic E-state index is -1.09. The molecule has 0 aliphatic rings. The fourth-order valence-electron chi connectivity index (χ4n) is 1.91. The number of hydrogen-bond donors (Lipinski definition) is 0. The molecule has 0 aliphatic carbocycles. The van der Waals surface area contributed by atoms with Crippen LogP contribution in [0.25, 0.3) is 21.9 Å². The number of furan rings is 1. The summed E-state index contributed by atoms with van der Waals surface area (Å²) in [6.45, 7) is 1.58. The molecule has 0 bridgehead atoms. The number of benzene rings is 2. The lowest BCUT2D eigenvalue weighted by Crippen LogP contribution is -1.82. The van der Waals surface area contributed by atoms with Crippen molar-refractivity contribution < 1.29 is 17.6 Å². The Kier molecular flexibility index (Phi) is 1.96. The van der Waals surface area contributed by atoms with E-state index in [-0.39, 0.29) is 11.2 Å². The van der Waals surface area contributed by atoms with Crippen LogP contribution in [0.15, 0.2) is 28.7 Å². The Bertz CT molecular complexity index is 681. The van der Waals surface area contributed by atoms with Gasteiger partial charge in [0, 0.05) is 10.8 Å². The van der Waals surface area contributed by atoms with Gasteiger partial charge in [0.2, 0.25) is 5.82 Å². The quantitative estimate of drug-likeness (QED) is 0.566. The summed E-state index contributed by atoms with van der Waals surface area (Å²) in [5.41, 5.74) is 0.117. The lowest BCUT2D eigenvalue weighted by Gasteiger charge is -1.95. The Morgan fingerprint density at radius 3 is 2.12 bits per heavy atom. The number of rotatable bonds is 0. The van der Waals surface area contributed by atoms with Gasteiger partial charge in [-0.1, -0.05) is 12.1 Å². The van der Waals surface area contributed by atoms with Gasteiger partial charge < -0.3 is 4.42 Å². The molecule has 0 atom stereocenters. The van der Waals surface area contributed by atoms with E-state index in [4.69, 9.17) is 4.42 Å². The molecular weight excluding hydrogens is 229 g/mol. The number of fused-ring (bicyclic) bond motifs is 3. The Morgan fingerprint density at radius 2 is 1.41 bits per heavy atom. The number of aryl methyl sites for hydroxylation is 1. The zero-order valence-electron chi connectivity index (χ0n) is 8.85. The molecule has 0 unspecified atom stereocenters. The lowest BCUT2D eigenvalue weighted by atomic mass is 10.1. The zero-order chi connectivity index (χ0) is 12.2. The van der Waals surface area contributed by atoms with Gasteiger partial charge in [-0.05, 0) is 24.6 Å². The Balaban J connectivity index is 2.58. The molecule has 1 nitrogen and oxygen atoms in total. The van der Waals surface area contributed by atoms with E-state index >= 15 is 0 Å². The van der Waals surface area contributed by atoms with Crippen LogP contribution in [0.3, 0.4) is 0 Å². The van der Waals surface area contributed by atoms with Crippen LogP contribution in [0.2, 0.25) is 0 Å². The van der Waals surface area contributed by atoms with Gasteiger partial charge in [-0.2, -0.15) is 4.39 Å². The SMILES string of the molecule is Cc1ccc2c(oc3c(F)c(F)ccc32)c1F. The van der Waals surface area contributed by atoms with Gasteiger partial charge in [0.25, 0.3) is 0 Å². The van der Waals surface area contributed by atoms with Crippen molar-refractivity contribution in [3.05, 3.63) is 47.3 Å². The van der Waals surface area contributed by atoms with E-state index in [2.05, 4.69) is 0 Å². The van der Waals surface area contributed by atoms with Crippen LogP contribution in [-0.2, 0) is 0 Å². The summed E-state index contributed by atoms with van der Waals surface area (Å²) in [7, 11) is 0. The molecule has 2 aromatic carbocycles. The highest BCUT2D eigenvalue weighted by Crippen LogP contribution is 2.33. The van der Waals surface area contributed by atoms with E-state index < -0.39 is 17.5 Å². The maximum absolute atomic E-state index is 13.8. The van der Waals surface area contributed by atoms with Crippen molar-refractivity contribution in [3.63, 3.8) is 0 Å². The molecule has 0 fully saturated rings. The molecule has 17 heavy (non-hydrogen) atoms. The second-order valence-corrected chi connectivity index (χ2v) is 3.91. The van der Waals surface area contributed by atoms with Crippen molar-refractivity contribution in [3.8, 4) is 0 Å². The van der Waals surface area contributed by atoms with Crippen LogP contribution in [-0.4, -0.2) is 0 Å². The summed E-state index contributed by atoms with van der Waals surface area (Å²) in [4.78, 5) is 0. The summed E-state index contributed by atoms with van der Waals surface area (Å²) >= 11 is 0. The summed E-state index contributed by atoms with van der Waals surface area (Å²) in [5.74, 6) is -2.64. The topological polar surface area (TPSA) is 13.1 Å². The van der Waals surface area contributed by atoms with Crippen LogP contribution in [0.5, 0.6) is 0 Å². The molecule has 1 aromatic heterocycles. The molecule has 0 saturated heterocycles. The Labute approximate surface area is 94.5 Å². The molecule has 0 spiro atoms. The van der Waals surface area contributed by atoms with Gasteiger partial charge in [0.05, 0.1) is 0 Å². The van der Waals surface area contributed by atoms with Crippen molar-refractivity contribution in [1.29, 1.82) is 0 Å². The maximum Gasteiger partial charge on any atom is 0.201 e. The second kappa shape index (κ2) is 3.26. The predicted molar refractivity (Wildman–Crippen MR) is 58.3 cm³/mol. The third kappa shape index (κ3) is 1.27. The maximum atomic E-state index is 13.8. The molecule has 0 N–H and O–H groups in total. The molecular formula is C13H7F3O. The first kappa shape index (κ1) is 10.2. The van der Waals surface area contributed by atoms with E-state index in [1.807, 2.05) is 0 Å². The average molecular weight is 236 g/mol. The highest BCUT2D eigenvalue weighted by atomic mass is 19.2. The van der Waals surface area contributed by atoms with Gasteiger partial charge in [-0.25, -0.2) is 8.78 Å². The van der Waals surface area contributed by atoms with E-state index in [0.717, 1.165) is 6.07 Å². The third-order valence-electron chi connectivity index (χ3n) is 2.83. The standard InChI is InChI=1S/C13H7F3O/c1-6-2-3-7-8-4-5-9(14)11(16)13(8)17-12(7)10(6)15/h2-5H,1H3. The van der Waals surface area contributed by atoms with E-state index in [1.165, 1.54) is 6.07 Å². The van der Waals surface area contributed by atoms with Crippen LogP contribution in [0.4, 0.5) is 13.2 Å². The molecule has 1 heterocycles. The smallest absolute Gasteiger partial charge is 0.201 e. The number of halogens is 3. The monoisotopic (exact) mass is 236 g/mol. The Hall–Kier alpha value is -1.97. The first-order chi connectivity index (χ1) is 8.09. The third-order valence-corrected chi connectivity index (χ3v) is 2.83. The molecule has 0 saturated carbocycles. The van der Waals surface area contributed by atoms with Gasteiger partial charge in [0.1, 0.15) is 0 Å². The van der Waals surface area contributed by atoms with Crippen LogP contribution < -0.4 is 0 Å². The summed E-state index contributed by atoms with van der Waals surface area (Å²) in [5, 5.41) is 0.819. The summed E-state index contributed by atoms with van der Waals surface area (Å²) in [6, 6.07) is 5.60. The molecule has 0 aliphatic heterocycles. The fourth-order valence-corrected chi connectivity index (χ4v) is 1.91. The first-order valence-electron chi connectivity index (χ1n) is 5.05. The van der Waals surface area contributed by atoms with Gasteiger partial charge in [0.15, 0.2) is 22.8 Å². The van der Waals surface area contributed by atoms with E-state index in [9.17, 15) is 13.2 Å². The second-order valence-electron chi connectivity index (χ2n) is 3.91. The van der Waals surface area contributed by atoms with Crippen molar-refractivity contribution in [2.75, 3.05) is 0 Å². The molecule has 3 rings (SSSR count). The minimum absolute atomic E-state index is 0.0375. The highest BCUT2D eigenvalue weighted by Gasteiger charge is 2.17. The van der Waals surface area contributed by atoms with Gasteiger partial charge >= 0.3 is 0 Å². The van der Waals surface area contributed by atoms with Gasteiger partial charge in [-0.3, -0.25) is 0 Å². The molecule has 0 amide bonds. The lowest BCUT2D eigenvalue weighted by molar-refractivity contribution is 0.494.